The zero-order valence-electron chi connectivity index (χ0n) is 9.90. The topological polar surface area (TPSA) is 58.6 Å². The van der Waals surface area contributed by atoms with Gasteiger partial charge in [-0.05, 0) is 19.0 Å². The summed E-state index contributed by atoms with van der Waals surface area (Å²) >= 11 is 0. The summed E-state index contributed by atoms with van der Waals surface area (Å²) in [6.07, 6.45) is 2.72. The van der Waals surface area contributed by atoms with Crippen LogP contribution >= 0.6 is 0 Å². The number of hydrogen-bond donors (Lipinski definition) is 1. The summed E-state index contributed by atoms with van der Waals surface area (Å²) in [4.78, 5) is 0. The van der Waals surface area contributed by atoms with Crippen LogP contribution in [-0.4, -0.2) is 58.9 Å². The van der Waals surface area contributed by atoms with E-state index >= 15 is 0 Å². The minimum Gasteiger partial charge on any atom is -0.380 e. The van der Waals surface area contributed by atoms with Gasteiger partial charge in [-0.2, -0.15) is 4.31 Å². The Bertz CT molecular complexity index is 338. The molecule has 0 aliphatic carbocycles. The van der Waals surface area contributed by atoms with E-state index in [1.54, 1.807) is 14.2 Å². The highest BCUT2D eigenvalue weighted by Gasteiger charge is 2.23. The second kappa shape index (κ2) is 6.34. The summed E-state index contributed by atoms with van der Waals surface area (Å²) in [7, 11) is 0.304. The largest absolute Gasteiger partial charge is 0.380 e. The van der Waals surface area contributed by atoms with Crippen molar-refractivity contribution in [2.45, 2.75) is 6.42 Å². The van der Waals surface area contributed by atoms with E-state index in [-0.39, 0.29) is 5.75 Å². The van der Waals surface area contributed by atoms with E-state index in [1.165, 1.54) is 9.88 Å². The van der Waals surface area contributed by atoms with Crippen LogP contribution in [0.15, 0.2) is 11.6 Å². The quantitative estimate of drug-likeness (QED) is 0.662. The Hall–Kier alpha value is -0.430. The van der Waals surface area contributed by atoms with Crippen LogP contribution in [0, 0.1) is 0 Å². The normalized spacial score (nSPS) is 18.5. The predicted molar refractivity (Wildman–Crippen MR) is 63.9 cm³/mol. The Balaban J connectivity index is 2.52. The van der Waals surface area contributed by atoms with Gasteiger partial charge in [0, 0.05) is 26.7 Å². The maximum absolute atomic E-state index is 11.8. The van der Waals surface area contributed by atoms with Gasteiger partial charge in [0.15, 0.2) is 0 Å². The molecule has 1 aliphatic heterocycles. The van der Waals surface area contributed by atoms with Crippen LogP contribution < -0.4 is 5.32 Å². The van der Waals surface area contributed by atoms with Gasteiger partial charge in [0.05, 0.1) is 12.4 Å². The van der Waals surface area contributed by atoms with Crippen molar-refractivity contribution >= 4 is 10.0 Å². The van der Waals surface area contributed by atoms with E-state index in [9.17, 15) is 8.42 Å². The van der Waals surface area contributed by atoms with Gasteiger partial charge in [-0.15, -0.1) is 0 Å². The highest BCUT2D eigenvalue weighted by Crippen LogP contribution is 2.14. The van der Waals surface area contributed by atoms with Crippen molar-refractivity contribution in [1.29, 1.82) is 0 Å². The number of sulfonamides is 1. The molecular formula is C10H20N2O3S. The summed E-state index contributed by atoms with van der Waals surface area (Å²) in [5.41, 5.74) is 1.18. The SMILES string of the molecule is CNCCS(=O)(=O)N1CC=C(COC)CC1. The smallest absolute Gasteiger partial charge is 0.215 e. The molecule has 1 rings (SSSR count). The van der Waals surface area contributed by atoms with Crippen molar-refractivity contribution in [2.24, 2.45) is 0 Å². The molecule has 1 N–H and O–H groups in total. The van der Waals surface area contributed by atoms with E-state index in [0.29, 0.717) is 26.2 Å². The van der Waals surface area contributed by atoms with Crippen molar-refractivity contribution in [3.8, 4) is 0 Å². The standard InChI is InChI=1S/C10H20N2O3S/c1-11-5-8-16(13,14)12-6-3-10(4-7-12)9-15-2/h3,11H,4-9H2,1-2H3. The number of hydrogen-bond acceptors (Lipinski definition) is 4. The van der Waals surface area contributed by atoms with Gasteiger partial charge < -0.3 is 10.1 Å². The number of nitrogens with zero attached hydrogens (tertiary/aromatic N) is 1. The second-order valence-corrected chi connectivity index (χ2v) is 5.91. The summed E-state index contributed by atoms with van der Waals surface area (Å²) in [5, 5.41) is 2.85. The third-order valence-corrected chi connectivity index (χ3v) is 4.44. The molecule has 0 spiro atoms. The van der Waals surface area contributed by atoms with Gasteiger partial charge in [-0.1, -0.05) is 6.08 Å². The molecule has 0 fully saturated rings. The maximum atomic E-state index is 11.8. The fourth-order valence-corrected chi connectivity index (χ4v) is 3.01. The molecule has 0 aromatic heterocycles. The van der Waals surface area contributed by atoms with Gasteiger partial charge in [-0.3, -0.25) is 0 Å². The van der Waals surface area contributed by atoms with Gasteiger partial charge in [0.1, 0.15) is 0 Å². The van der Waals surface area contributed by atoms with Crippen molar-refractivity contribution in [2.75, 3.05) is 46.2 Å². The first-order valence-corrected chi connectivity index (χ1v) is 7.00. The van der Waals surface area contributed by atoms with Crippen LogP contribution in [0.25, 0.3) is 0 Å². The molecule has 0 aromatic carbocycles. The zero-order valence-corrected chi connectivity index (χ0v) is 10.7. The Morgan fingerprint density at radius 3 is 2.81 bits per heavy atom. The first-order chi connectivity index (χ1) is 7.60. The Labute approximate surface area is 97.5 Å². The fraction of sp³-hybridized carbons (Fsp3) is 0.800. The van der Waals surface area contributed by atoms with Crippen LogP contribution in [-0.2, 0) is 14.8 Å². The molecule has 0 aromatic rings. The van der Waals surface area contributed by atoms with Crippen molar-refractivity contribution in [3.05, 3.63) is 11.6 Å². The minimum atomic E-state index is -3.10. The number of ether oxygens (including phenoxy) is 1. The van der Waals surface area contributed by atoms with Crippen LogP contribution in [0.3, 0.4) is 0 Å². The third kappa shape index (κ3) is 3.86. The van der Waals surface area contributed by atoms with E-state index < -0.39 is 10.0 Å². The highest BCUT2D eigenvalue weighted by atomic mass is 32.2. The minimum absolute atomic E-state index is 0.164. The molecule has 5 nitrogen and oxygen atoms in total. The zero-order chi connectivity index (χ0) is 12.0. The van der Waals surface area contributed by atoms with E-state index in [2.05, 4.69) is 5.32 Å². The van der Waals surface area contributed by atoms with E-state index in [1.807, 2.05) is 6.08 Å². The van der Waals surface area contributed by atoms with E-state index in [4.69, 9.17) is 4.74 Å². The lowest BCUT2D eigenvalue weighted by Gasteiger charge is -2.25. The molecule has 0 amide bonds. The highest BCUT2D eigenvalue weighted by molar-refractivity contribution is 7.89. The van der Waals surface area contributed by atoms with Crippen molar-refractivity contribution < 1.29 is 13.2 Å². The molecule has 0 saturated heterocycles. The van der Waals surface area contributed by atoms with Crippen LogP contribution in [0.2, 0.25) is 0 Å². The fourth-order valence-electron chi connectivity index (χ4n) is 1.62. The first kappa shape index (κ1) is 13.6. The van der Waals surface area contributed by atoms with Crippen LogP contribution in [0.1, 0.15) is 6.42 Å². The van der Waals surface area contributed by atoms with Gasteiger partial charge in [0.2, 0.25) is 10.0 Å². The lowest BCUT2D eigenvalue weighted by molar-refractivity contribution is 0.219. The molecule has 0 bridgehead atoms. The van der Waals surface area contributed by atoms with E-state index in [0.717, 1.165) is 6.42 Å². The molecule has 6 heteroatoms. The Morgan fingerprint density at radius 1 is 1.56 bits per heavy atom. The lowest BCUT2D eigenvalue weighted by atomic mass is 10.1. The molecule has 1 heterocycles. The number of rotatable bonds is 6. The Morgan fingerprint density at radius 2 is 2.31 bits per heavy atom. The molecule has 0 radical (unpaired) electrons. The maximum Gasteiger partial charge on any atom is 0.215 e. The Kier molecular flexibility index (Phi) is 5.40. The second-order valence-electron chi connectivity index (χ2n) is 3.82. The molecule has 94 valence electrons. The van der Waals surface area contributed by atoms with Crippen molar-refractivity contribution in [3.63, 3.8) is 0 Å². The van der Waals surface area contributed by atoms with Crippen LogP contribution in [0.4, 0.5) is 0 Å². The average Bonchev–Trinajstić information content (AvgIpc) is 2.28. The molecule has 0 unspecified atom stereocenters. The third-order valence-electron chi connectivity index (χ3n) is 2.60. The lowest BCUT2D eigenvalue weighted by Crippen LogP contribution is -2.38. The molecule has 16 heavy (non-hydrogen) atoms. The monoisotopic (exact) mass is 248 g/mol. The predicted octanol–water partition coefficient (Wildman–Crippen LogP) is -0.186. The average molecular weight is 248 g/mol. The first-order valence-electron chi connectivity index (χ1n) is 5.39. The van der Waals surface area contributed by atoms with Crippen LogP contribution in [0.5, 0.6) is 0 Å². The van der Waals surface area contributed by atoms with Gasteiger partial charge in [0.25, 0.3) is 0 Å². The molecule has 1 aliphatic rings. The summed E-state index contributed by atoms with van der Waals surface area (Å²) < 4.78 is 30.2. The molecular weight excluding hydrogens is 228 g/mol. The summed E-state index contributed by atoms with van der Waals surface area (Å²) in [6, 6.07) is 0. The summed E-state index contributed by atoms with van der Waals surface area (Å²) in [6.45, 7) is 2.14. The van der Waals surface area contributed by atoms with Crippen molar-refractivity contribution in [1.82, 2.24) is 9.62 Å². The molecule has 0 atom stereocenters. The number of methoxy groups -OCH3 is 1. The molecule has 0 saturated carbocycles. The number of nitrogens with one attached hydrogen (secondary N) is 1. The van der Waals surface area contributed by atoms with Gasteiger partial charge in [-0.25, -0.2) is 8.42 Å². The van der Waals surface area contributed by atoms with Gasteiger partial charge >= 0.3 is 0 Å². The summed E-state index contributed by atoms with van der Waals surface area (Å²) in [5.74, 6) is 0.164.